The van der Waals surface area contributed by atoms with Gasteiger partial charge in [-0.25, -0.2) is 4.98 Å². The van der Waals surface area contributed by atoms with Crippen molar-refractivity contribution >= 4 is 17.5 Å². The molecule has 128 valence electrons. The van der Waals surface area contributed by atoms with Crippen LogP contribution in [0.4, 0.5) is 5.82 Å². The minimum Gasteiger partial charge on any atom is -0.365 e. The number of carbonyl (C=O) groups excluding carboxylic acids is 1. The van der Waals surface area contributed by atoms with E-state index in [0.29, 0.717) is 11.7 Å². The number of nitrogens with zero attached hydrogens (tertiary/aromatic N) is 5. The fraction of sp³-hybridized carbons (Fsp3) is 0.647. The molecule has 2 fully saturated rings. The molecule has 24 heavy (non-hydrogen) atoms. The van der Waals surface area contributed by atoms with Gasteiger partial charge < -0.3 is 10.2 Å². The molecular formula is C17H24N6O. The molecule has 0 aromatic carbocycles. The lowest BCUT2D eigenvalue weighted by atomic mass is 10.1. The van der Waals surface area contributed by atoms with Gasteiger partial charge in [0.2, 0.25) is 5.91 Å². The Kier molecular flexibility index (Phi) is 4.08. The van der Waals surface area contributed by atoms with Gasteiger partial charge in [0.05, 0.1) is 0 Å². The number of anilines is 1. The number of fused-ring (bicyclic) bond motifs is 1. The number of hydrogen-bond acceptors (Lipinski definition) is 5. The Morgan fingerprint density at radius 1 is 1.33 bits per heavy atom. The predicted octanol–water partition coefficient (Wildman–Crippen LogP) is 1.89. The largest absolute Gasteiger partial charge is 0.365 e. The number of nitrogens with one attached hydrogen (secondary N) is 1. The Balaban J connectivity index is 1.46. The number of aryl methyl sites for hydroxylation is 1. The van der Waals surface area contributed by atoms with Gasteiger partial charge in [-0.05, 0) is 25.7 Å². The van der Waals surface area contributed by atoms with E-state index in [1.54, 1.807) is 4.52 Å². The highest BCUT2D eigenvalue weighted by Crippen LogP contribution is 2.28. The van der Waals surface area contributed by atoms with Crippen LogP contribution in [-0.4, -0.2) is 49.5 Å². The van der Waals surface area contributed by atoms with E-state index in [4.69, 9.17) is 0 Å². The van der Waals surface area contributed by atoms with E-state index >= 15 is 0 Å². The quantitative estimate of drug-likeness (QED) is 0.927. The molecule has 1 saturated heterocycles. The van der Waals surface area contributed by atoms with Gasteiger partial charge in [0.25, 0.3) is 5.78 Å². The highest BCUT2D eigenvalue weighted by molar-refractivity contribution is 5.79. The Morgan fingerprint density at radius 2 is 2.17 bits per heavy atom. The van der Waals surface area contributed by atoms with Gasteiger partial charge >= 0.3 is 0 Å². The maximum absolute atomic E-state index is 12.6. The molecule has 1 saturated carbocycles. The van der Waals surface area contributed by atoms with E-state index in [1.807, 2.05) is 11.0 Å². The molecule has 7 heteroatoms. The SMILES string of the molecule is CCc1cc(NC2CCN(C(=O)C3CCCC3)C2)n2ncnc2n1. The lowest BCUT2D eigenvalue weighted by molar-refractivity contribution is -0.134. The highest BCUT2D eigenvalue weighted by atomic mass is 16.2. The molecule has 0 spiro atoms. The molecule has 0 radical (unpaired) electrons. The summed E-state index contributed by atoms with van der Waals surface area (Å²) in [5, 5.41) is 7.80. The molecule has 1 atom stereocenters. The van der Waals surface area contributed by atoms with Crippen molar-refractivity contribution in [3.05, 3.63) is 18.1 Å². The molecule has 2 aromatic rings. The lowest BCUT2D eigenvalue weighted by Crippen LogP contribution is -2.35. The average Bonchev–Trinajstić information content (AvgIpc) is 3.34. The molecule has 2 aromatic heterocycles. The molecule has 1 unspecified atom stereocenters. The van der Waals surface area contributed by atoms with Gasteiger partial charge in [-0.1, -0.05) is 19.8 Å². The van der Waals surface area contributed by atoms with E-state index in [0.717, 1.165) is 50.3 Å². The topological polar surface area (TPSA) is 75.4 Å². The molecule has 1 aliphatic heterocycles. The molecule has 7 nitrogen and oxygen atoms in total. The summed E-state index contributed by atoms with van der Waals surface area (Å²) in [7, 11) is 0. The zero-order valence-corrected chi connectivity index (χ0v) is 14.1. The van der Waals surface area contributed by atoms with Crippen LogP contribution in [0.5, 0.6) is 0 Å². The van der Waals surface area contributed by atoms with Crippen LogP contribution in [0.15, 0.2) is 12.4 Å². The van der Waals surface area contributed by atoms with Crippen molar-refractivity contribution in [2.75, 3.05) is 18.4 Å². The Bertz CT molecular complexity index is 736. The Morgan fingerprint density at radius 3 is 2.96 bits per heavy atom. The smallest absolute Gasteiger partial charge is 0.254 e. The van der Waals surface area contributed by atoms with Gasteiger partial charge in [0.15, 0.2) is 0 Å². The number of amides is 1. The molecule has 4 rings (SSSR count). The van der Waals surface area contributed by atoms with Crippen LogP contribution in [0.25, 0.3) is 5.78 Å². The monoisotopic (exact) mass is 328 g/mol. The van der Waals surface area contributed by atoms with Crippen molar-refractivity contribution in [3.63, 3.8) is 0 Å². The van der Waals surface area contributed by atoms with Gasteiger partial charge in [-0.3, -0.25) is 4.79 Å². The van der Waals surface area contributed by atoms with Crippen molar-refractivity contribution in [2.45, 2.75) is 51.5 Å². The average molecular weight is 328 g/mol. The van der Waals surface area contributed by atoms with Crippen molar-refractivity contribution in [2.24, 2.45) is 5.92 Å². The normalized spacial score (nSPS) is 21.7. The maximum atomic E-state index is 12.6. The Hall–Kier alpha value is -2.18. The summed E-state index contributed by atoms with van der Waals surface area (Å²) < 4.78 is 1.74. The molecule has 1 amide bonds. The first kappa shape index (κ1) is 15.4. The standard InChI is InChI=1S/C17H24N6O/c1-2-13-9-15(23-17(21-13)18-11-19-23)20-14-7-8-22(10-14)16(24)12-5-3-4-6-12/h9,11-12,14,20H,2-8,10H2,1H3. The van der Waals surface area contributed by atoms with E-state index < -0.39 is 0 Å². The van der Waals surface area contributed by atoms with Gasteiger partial charge in [0.1, 0.15) is 12.1 Å². The minimum atomic E-state index is 0.259. The summed E-state index contributed by atoms with van der Waals surface area (Å²) in [5.74, 6) is 2.15. The van der Waals surface area contributed by atoms with Crippen LogP contribution in [0, 0.1) is 5.92 Å². The summed E-state index contributed by atoms with van der Waals surface area (Å²) in [5.41, 5.74) is 0.995. The molecule has 1 aliphatic carbocycles. The summed E-state index contributed by atoms with van der Waals surface area (Å²) in [4.78, 5) is 23.3. The van der Waals surface area contributed by atoms with Crippen LogP contribution < -0.4 is 5.32 Å². The summed E-state index contributed by atoms with van der Waals surface area (Å²) in [6, 6.07) is 2.29. The van der Waals surface area contributed by atoms with E-state index in [-0.39, 0.29) is 12.0 Å². The third-order valence-electron chi connectivity index (χ3n) is 5.22. The second-order valence-electron chi connectivity index (χ2n) is 6.85. The van der Waals surface area contributed by atoms with Gasteiger partial charge in [-0.15, -0.1) is 0 Å². The molecule has 1 N–H and O–H groups in total. The first-order chi connectivity index (χ1) is 11.7. The number of carbonyl (C=O) groups is 1. The summed E-state index contributed by atoms with van der Waals surface area (Å²) >= 11 is 0. The van der Waals surface area contributed by atoms with Crippen LogP contribution in [0.2, 0.25) is 0 Å². The van der Waals surface area contributed by atoms with Crippen molar-refractivity contribution in [1.82, 2.24) is 24.5 Å². The highest BCUT2D eigenvalue weighted by Gasteiger charge is 2.32. The van der Waals surface area contributed by atoms with E-state index in [1.165, 1.54) is 19.2 Å². The van der Waals surface area contributed by atoms with Gasteiger partial charge in [-0.2, -0.15) is 14.6 Å². The molecule has 3 heterocycles. The van der Waals surface area contributed by atoms with Gasteiger partial charge in [0, 0.05) is 36.8 Å². The Labute approximate surface area is 141 Å². The second-order valence-corrected chi connectivity index (χ2v) is 6.85. The third-order valence-corrected chi connectivity index (χ3v) is 5.22. The van der Waals surface area contributed by atoms with Crippen LogP contribution in [0.1, 0.15) is 44.7 Å². The second kappa shape index (κ2) is 6.37. The van der Waals surface area contributed by atoms with Crippen LogP contribution >= 0.6 is 0 Å². The molecular weight excluding hydrogens is 304 g/mol. The lowest BCUT2D eigenvalue weighted by Gasteiger charge is -2.21. The molecule has 0 bridgehead atoms. The van der Waals surface area contributed by atoms with Crippen LogP contribution in [0.3, 0.4) is 0 Å². The minimum absolute atomic E-state index is 0.259. The fourth-order valence-electron chi connectivity index (χ4n) is 3.86. The number of hydrogen-bond donors (Lipinski definition) is 1. The number of likely N-dealkylation sites (tertiary alicyclic amines) is 1. The zero-order chi connectivity index (χ0) is 16.5. The number of rotatable bonds is 4. The van der Waals surface area contributed by atoms with Crippen molar-refractivity contribution in [3.8, 4) is 0 Å². The third kappa shape index (κ3) is 2.83. The zero-order valence-electron chi connectivity index (χ0n) is 14.1. The predicted molar refractivity (Wildman–Crippen MR) is 90.7 cm³/mol. The fourth-order valence-corrected chi connectivity index (χ4v) is 3.86. The summed E-state index contributed by atoms with van der Waals surface area (Å²) in [6.07, 6.45) is 7.89. The van der Waals surface area contributed by atoms with Crippen LogP contribution in [-0.2, 0) is 11.2 Å². The van der Waals surface area contributed by atoms with E-state index in [9.17, 15) is 4.79 Å². The van der Waals surface area contributed by atoms with Crippen molar-refractivity contribution < 1.29 is 4.79 Å². The first-order valence-corrected chi connectivity index (χ1v) is 8.99. The van der Waals surface area contributed by atoms with Crippen molar-refractivity contribution in [1.29, 1.82) is 0 Å². The number of aromatic nitrogens is 4. The summed E-state index contributed by atoms with van der Waals surface area (Å²) in [6.45, 7) is 3.70. The van der Waals surface area contributed by atoms with E-state index in [2.05, 4.69) is 27.3 Å². The maximum Gasteiger partial charge on any atom is 0.254 e. The molecule has 2 aliphatic rings. The first-order valence-electron chi connectivity index (χ1n) is 8.99.